The Bertz CT molecular complexity index is 998. The maximum absolute atomic E-state index is 13.3. The molecule has 0 radical (unpaired) electrons. The summed E-state index contributed by atoms with van der Waals surface area (Å²) >= 11 is 0. The molecule has 31 heavy (non-hydrogen) atoms. The smallest absolute Gasteiger partial charge is 0.339 e. The Morgan fingerprint density at radius 1 is 0.968 bits per heavy atom. The SMILES string of the molecule is Cc1ccc(S(=O)(=O)N2CCC3=C(C2)/C(=C/[Si](C(C)C)(C(C)C)C(C)C)OC3=O)cc1. The van der Waals surface area contributed by atoms with E-state index in [4.69, 9.17) is 4.74 Å². The van der Waals surface area contributed by atoms with E-state index in [0.717, 1.165) is 11.1 Å². The summed E-state index contributed by atoms with van der Waals surface area (Å²) in [5.41, 5.74) is 6.07. The van der Waals surface area contributed by atoms with Gasteiger partial charge in [0.2, 0.25) is 10.0 Å². The minimum atomic E-state index is -3.63. The molecule has 2 aliphatic heterocycles. The highest BCUT2D eigenvalue weighted by atomic mass is 32.2. The molecule has 0 fully saturated rings. The Balaban J connectivity index is 2.01. The summed E-state index contributed by atoms with van der Waals surface area (Å²) in [6.07, 6.45) is 0.385. The van der Waals surface area contributed by atoms with Crippen molar-refractivity contribution in [3.63, 3.8) is 0 Å². The Hall–Kier alpha value is -1.70. The van der Waals surface area contributed by atoms with Crippen molar-refractivity contribution in [2.45, 2.75) is 76.4 Å². The monoisotopic (exact) mass is 461 g/mol. The first-order chi connectivity index (χ1) is 14.4. The minimum absolute atomic E-state index is 0.182. The van der Waals surface area contributed by atoms with Crippen molar-refractivity contribution < 1.29 is 17.9 Å². The van der Waals surface area contributed by atoms with E-state index < -0.39 is 18.1 Å². The van der Waals surface area contributed by atoms with E-state index in [1.54, 1.807) is 12.1 Å². The summed E-state index contributed by atoms with van der Waals surface area (Å²) < 4.78 is 33.7. The second-order valence-electron chi connectivity index (χ2n) is 9.72. The van der Waals surface area contributed by atoms with Crippen molar-refractivity contribution in [3.8, 4) is 0 Å². The van der Waals surface area contributed by atoms with Gasteiger partial charge in [0.1, 0.15) is 5.76 Å². The molecule has 0 amide bonds. The van der Waals surface area contributed by atoms with Gasteiger partial charge < -0.3 is 4.74 Å². The number of hydrogen-bond donors (Lipinski definition) is 0. The summed E-state index contributed by atoms with van der Waals surface area (Å²) in [4.78, 5) is 12.9. The molecule has 0 saturated carbocycles. The van der Waals surface area contributed by atoms with Gasteiger partial charge >= 0.3 is 5.97 Å². The lowest BCUT2D eigenvalue weighted by Crippen LogP contribution is -2.43. The van der Waals surface area contributed by atoms with Gasteiger partial charge in [0, 0.05) is 24.2 Å². The van der Waals surface area contributed by atoms with Crippen LogP contribution < -0.4 is 0 Å². The van der Waals surface area contributed by atoms with Crippen molar-refractivity contribution in [2.75, 3.05) is 13.1 Å². The zero-order chi connectivity index (χ0) is 23.1. The molecule has 7 heteroatoms. The Morgan fingerprint density at radius 3 is 2.03 bits per heavy atom. The zero-order valence-corrected chi connectivity index (χ0v) is 21.5. The molecule has 0 spiro atoms. The van der Waals surface area contributed by atoms with E-state index in [2.05, 4.69) is 47.2 Å². The molecule has 3 rings (SSSR count). The summed E-state index contributed by atoms with van der Waals surface area (Å²) in [6.45, 7) is 15.9. The number of esters is 1. The average molecular weight is 462 g/mol. The van der Waals surface area contributed by atoms with Gasteiger partial charge in [-0.05, 0) is 42.1 Å². The van der Waals surface area contributed by atoms with Gasteiger partial charge in [-0.1, -0.05) is 64.9 Å². The number of carbonyl (C=O) groups excluding carboxylic acids is 1. The van der Waals surface area contributed by atoms with Crippen LogP contribution in [0.15, 0.2) is 51.8 Å². The molecule has 5 nitrogen and oxygen atoms in total. The van der Waals surface area contributed by atoms with Gasteiger partial charge in [0.15, 0.2) is 0 Å². The number of nitrogens with zero attached hydrogens (tertiary/aromatic N) is 1. The van der Waals surface area contributed by atoms with Crippen LogP contribution in [0, 0.1) is 6.92 Å². The van der Waals surface area contributed by atoms with Gasteiger partial charge in [-0.25, -0.2) is 13.2 Å². The van der Waals surface area contributed by atoms with Crippen LogP contribution in [-0.4, -0.2) is 39.9 Å². The molecular weight excluding hydrogens is 426 g/mol. The van der Waals surface area contributed by atoms with Crippen LogP contribution >= 0.6 is 0 Å². The Morgan fingerprint density at radius 2 is 1.52 bits per heavy atom. The highest BCUT2D eigenvalue weighted by molar-refractivity contribution is 7.89. The lowest BCUT2D eigenvalue weighted by Gasteiger charge is -2.41. The quantitative estimate of drug-likeness (QED) is 0.423. The molecule has 0 saturated heterocycles. The molecule has 0 aliphatic carbocycles. The van der Waals surface area contributed by atoms with Crippen molar-refractivity contribution in [1.82, 2.24) is 4.31 Å². The van der Waals surface area contributed by atoms with Crippen molar-refractivity contribution >= 4 is 24.1 Å². The summed E-state index contributed by atoms with van der Waals surface area (Å²) in [5, 5.41) is 0. The topological polar surface area (TPSA) is 63.7 Å². The van der Waals surface area contributed by atoms with Gasteiger partial charge in [0.25, 0.3) is 0 Å². The summed E-state index contributed by atoms with van der Waals surface area (Å²) in [5.74, 6) is 0.291. The summed E-state index contributed by atoms with van der Waals surface area (Å²) in [7, 11) is -5.61. The molecule has 0 bridgehead atoms. The van der Waals surface area contributed by atoms with Crippen LogP contribution in [0.1, 0.15) is 53.5 Å². The zero-order valence-electron chi connectivity index (χ0n) is 19.7. The minimum Gasteiger partial charge on any atom is -0.424 e. The number of hydrogen-bond acceptors (Lipinski definition) is 4. The average Bonchev–Trinajstić information content (AvgIpc) is 3.00. The fourth-order valence-electron chi connectivity index (χ4n) is 5.32. The molecular formula is C24H35NO4SSi. The second kappa shape index (κ2) is 8.68. The highest BCUT2D eigenvalue weighted by Crippen LogP contribution is 2.45. The third-order valence-electron chi connectivity index (χ3n) is 7.10. The van der Waals surface area contributed by atoms with Crippen LogP contribution in [0.4, 0.5) is 0 Å². The molecule has 2 heterocycles. The van der Waals surface area contributed by atoms with E-state index in [1.807, 2.05) is 19.1 Å². The van der Waals surface area contributed by atoms with Crippen LogP contribution in [0.2, 0.25) is 16.6 Å². The van der Waals surface area contributed by atoms with E-state index in [9.17, 15) is 13.2 Å². The molecule has 0 aromatic heterocycles. The molecule has 1 aromatic carbocycles. The lowest BCUT2D eigenvalue weighted by molar-refractivity contribution is -0.133. The van der Waals surface area contributed by atoms with Crippen LogP contribution in [-0.2, 0) is 19.6 Å². The third kappa shape index (κ3) is 4.20. The fraction of sp³-hybridized carbons (Fsp3) is 0.542. The van der Waals surface area contributed by atoms with Gasteiger partial charge in [-0.3, -0.25) is 0 Å². The van der Waals surface area contributed by atoms with E-state index in [1.165, 1.54) is 4.31 Å². The molecule has 2 aliphatic rings. The van der Waals surface area contributed by atoms with Crippen molar-refractivity contribution in [2.24, 2.45) is 0 Å². The maximum atomic E-state index is 13.3. The van der Waals surface area contributed by atoms with Crippen molar-refractivity contribution in [3.05, 3.63) is 52.4 Å². The number of cyclic esters (lactones) is 1. The first-order valence-electron chi connectivity index (χ1n) is 11.2. The first kappa shape index (κ1) is 23.9. The van der Waals surface area contributed by atoms with Crippen LogP contribution in [0.5, 0.6) is 0 Å². The fourth-order valence-corrected chi connectivity index (χ4v) is 12.4. The number of aryl methyl sites for hydroxylation is 1. The van der Waals surface area contributed by atoms with E-state index in [0.29, 0.717) is 40.9 Å². The molecule has 1 aromatic rings. The molecule has 170 valence electrons. The van der Waals surface area contributed by atoms with Gasteiger partial charge in [-0.2, -0.15) is 4.31 Å². The maximum Gasteiger partial charge on any atom is 0.339 e. The van der Waals surface area contributed by atoms with Crippen LogP contribution in [0.3, 0.4) is 0 Å². The Labute approximate surface area is 188 Å². The number of carbonyl (C=O) groups is 1. The molecule has 0 N–H and O–H groups in total. The molecule has 0 unspecified atom stereocenters. The lowest BCUT2D eigenvalue weighted by atomic mass is 10.0. The predicted molar refractivity (Wildman–Crippen MR) is 127 cm³/mol. The second-order valence-corrected chi connectivity index (χ2v) is 17.4. The molecule has 0 atom stereocenters. The number of ether oxygens (including phenoxy) is 1. The number of benzene rings is 1. The van der Waals surface area contributed by atoms with Crippen molar-refractivity contribution in [1.29, 1.82) is 0 Å². The number of rotatable bonds is 6. The standard InChI is InChI=1S/C24H35NO4SSi/c1-16(2)31(17(3)4,18(5)6)15-23-22-14-25(13-12-21(22)24(26)29-23)30(27,28)20-10-8-19(7)9-11-20/h8-11,15-18H,12-14H2,1-7H3/b23-15-. The largest absolute Gasteiger partial charge is 0.424 e. The predicted octanol–water partition coefficient (Wildman–Crippen LogP) is 5.34. The first-order valence-corrected chi connectivity index (χ1v) is 14.9. The summed E-state index contributed by atoms with van der Waals surface area (Å²) in [6, 6.07) is 6.91. The third-order valence-corrected chi connectivity index (χ3v) is 15.7. The van der Waals surface area contributed by atoms with E-state index >= 15 is 0 Å². The highest BCUT2D eigenvalue weighted by Gasteiger charge is 2.45. The normalized spacial score (nSPS) is 19.7. The Kier molecular flexibility index (Phi) is 6.70. The van der Waals surface area contributed by atoms with Gasteiger partial charge in [0.05, 0.1) is 13.0 Å². The number of sulfonamides is 1. The van der Waals surface area contributed by atoms with Gasteiger partial charge in [-0.15, -0.1) is 0 Å². The van der Waals surface area contributed by atoms with E-state index in [-0.39, 0.29) is 17.4 Å². The van der Waals surface area contributed by atoms with Crippen LogP contribution in [0.25, 0.3) is 0 Å².